The van der Waals surface area contributed by atoms with E-state index in [1.165, 1.54) is 186 Å². The number of carbonyl (C=O) groups is 3. The molecule has 1 atom stereocenters. The monoisotopic (exact) mass is 1140 g/mol. The molecule has 6 nitrogen and oxygen atoms in total. The predicted molar refractivity (Wildman–Crippen MR) is 357 cm³/mol. The van der Waals surface area contributed by atoms with E-state index in [1.807, 2.05) is 0 Å². The Balaban J connectivity index is 4.44. The normalized spacial score (nSPS) is 12.8. The highest BCUT2D eigenvalue weighted by Gasteiger charge is 2.19. The molecule has 0 bridgehead atoms. The number of esters is 3. The fourth-order valence-corrected chi connectivity index (χ4v) is 9.81. The summed E-state index contributed by atoms with van der Waals surface area (Å²) in [5.74, 6) is -0.929. The summed E-state index contributed by atoms with van der Waals surface area (Å²) in [6.07, 6.45) is 95.3. The lowest BCUT2D eigenvalue weighted by atomic mass is 10.0. The fraction of sp³-hybridized carbons (Fsp3) is 0.724. The van der Waals surface area contributed by atoms with Crippen LogP contribution in [0.3, 0.4) is 0 Å². The van der Waals surface area contributed by atoms with Crippen LogP contribution in [0.5, 0.6) is 0 Å². The molecule has 0 aromatic rings. The molecule has 0 aliphatic rings. The van der Waals surface area contributed by atoms with E-state index < -0.39 is 6.10 Å². The van der Waals surface area contributed by atoms with Gasteiger partial charge in [-0.2, -0.15) is 0 Å². The van der Waals surface area contributed by atoms with Gasteiger partial charge in [0.05, 0.1) is 0 Å². The van der Waals surface area contributed by atoms with Crippen molar-refractivity contribution in [1.29, 1.82) is 0 Å². The second kappa shape index (κ2) is 69.6. The first-order valence-electron chi connectivity index (χ1n) is 34.9. The van der Waals surface area contributed by atoms with Crippen LogP contribution in [-0.4, -0.2) is 37.2 Å². The Kier molecular flexibility index (Phi) is 66.2. The first-order valence-corrected chi connectivity index (χ1v) is 34.9. The Hall–Kier alpha value is -3.93. The Morgan fingerprint density at radius 2 is 0.476 bits per heavy atom. The Morgan fingerprint density at radius 3 is 0.768 bits per heavy atom. The molecular formula is C76H130O6. The molecule has 0 aliphatic carbocycles. The van der Waals surface area contributed by atoms with E-state index in [1.54, 1.807) is 0 Å². The van der Waals surface area contributed by atoms with Crippen LogP contribution in [0.25, 0.3) is 0 Å². The number of rotatable bonds is 63. The smallest absolute Gasteiger partial charge is 0.306 e. The standard InChI is InChI=1S/C76H130O6/c1-4-7-10-13-16-19-22-25-28-31-34-36-37-38-39-41-42-45-48-51-54-57-60-63-66-69-75(78)81-72-73(71-80-74(77)68-65-62-59-56-53-50-47-44-33-30-27-24-21-18-15-12-9-6-3)82-76(79)70-67-64-61-58-55-52-49-46-43-40-35-32-29-26-23-20-17-14-11-8-5-2/h8,11,17,20,22,25-26,29,31,34-35,37-38,40,46,49,55,58,73H,4-7,9-10,12-16,18-19,21,23-24,27-28,30,32-33,36,39,41-45,47-48,50-54,56-57,59-72H2,1-3H3/b11-8-,20-17-,25-22-,29-26-,34-31-,38-37-,40-35-,49-46-,58-55-. The second-order valence-electron chi connectivity index (χ2n) is 23.1. The minimum absolute atomic E-state index is 0.0951. The van der Waals surface area contributed by atoms with Gasteiger partial charge in [-0.15, -0.1) is 0 Å². The van der Waals surface area contributed by atoms with Crippen molar-refractivity contribution in [1.82, 2.24) is 0 Å². The quantitative estimate of drug-likeness (QED) is 0.0261. The molecule has 0 heterocycles. The number of hydrogen-bond acceptors (Lipinski definition) is 6. The van der Waals surface area contributed by atoms with Gasteiger partial charge in [0.1, 0.15) is 13.2 Å². The van der Waals surface area contributed by atoms with Crippen LogP contribution in [0, 0.1) is 0 Å². The maximum atomic E-state index is 12.9. The lowest BCUT2D eigenvalue weighted by Crippen LogP contribution is -2.30. The van der Waals surface area contributed by atoms with Crippen LogP contribution in [-0.2, 0) is 28.6 Å². The molecular weight excluding hydrogens is 1010 g/mol. The molecule has 1 unspecified atom stereocenters. The van der Waals surface area contributed by atoms with E-state index in [4.69, 9.17) is 14.2 Å². The van der Waals surface area contributed by atoms with Gasteiger partial charge in [0.25, 0.3) is 0 Å². The number of ether oxygens (including phenoxy) is 3. The molecule has 0 saturated heterocycles. The average Bonchev–Trinajstić information content (AvgIpc) is 3.47. The van der Waals surface area contributed by atoms with E-state index in [-0.39, 0.29) is 37.5 Å². The Bertz CT molecular complexity index is 1640. The molecule has 0 spiro atoms. The van der Waals surface area contributed by atoms with Crippen LogP contribution in [0.4, 0.5) is 0 Å². The number of unbranched alkanes of at least 4 members (excludes halogenated alkanes) is 34. The summed E-state index contributed by atoms with van der Waals surface area (Å²) in [6.45, 7) is 6.52. The Morgan fingerprint density at radius 1 is 0.256 bits per heavy atom. The summed E-state index contributed by atoms with van der Waals surface area (Å²) in [7, 11) is 0. The van der Waals surface area contributed by atoms with Crippen molar-refractivity contribution in [2.75, 3.05) is 13.2 Å². The number of carbonyl (C=O) groups excluding carboxylic acids is 3. The third kappa shape index (κ3) is 66.9. The maximum absolute atomic E-state index is 12.9. The van der Waals surface area contributed by atoms with Crippen molar-refractivity contribution in [2.24, 2.45) is 0 Å². The van der Waals surface area contributed by atoms with Crippen LogP contribution in [0.2, 0.25) is 0 Å². The zero-order valence-corrected chi connectivity index (χ0v) is 54.0. The van der Waals surface area contributed by atoms with Crippen molar-refractivity contribution in [3.8, 4) is 0 Å². The minimum Gasteiger partial charge on any atom is -0.462 e. The average molecular weight is 1140 g/mol. The van der Waals surface area contributed by atoms with Crippen molar-refractivity contribution in [2.45, 2.75) is 341 Å². The Labute approximate surface area is 508 Å². The van der Waals surface area contributed by atoms with E-state index in [2.05, 4.69) is 130 Å². The third-order valence-electron chi connectivity index (χ3n) is 15.0. The summed E-state index contributed by atoms with van der Waals surface area (Å²) >= 11 is 0. The third-order valence-corrected chi connectivity index (χ3v) is 15.0. The number of hydrogen-bond donors (Lipinski definition) is 0. The van der Waals surface area contributed by atoms with Crippen LogP contribution in [0.15, 0.2) is 109 Å². The summed E-state index contributed by atoms with van der Waals surface area (Å²) in [5, 5.41) is 0. The van der Waals surface area contributed by atoms with Gasteiger partial charge < -0.3 is 14.2 Å². The van der Waals surface area contributed by atoms with Gasteiger partial charge in [-0.05, 0) is 109 Å². The molecule has 0 rings (SSSR count). The molecule has 0 amide bonds. The van der Waals surface area contributed by atoms with Gasteiger partial charge in [0.15, 0.2) is 6.10 Å². The van der Waals surface area contributed by atoms with Gasteiger partial charge in [0.2, 0.25) is 0 Å². The van der Waals surface area contributed by atoms with E-state index >= 15 is 0 Å². The summed E-state index contributed by atoms with van der Waals surface area (Å²) in [4.78, 5) is 38.5. The first kappa shape index (κ1) is 78.1. The summed E-state index contributed by atoms with van der Waals surface area (Å²) in [6, 6.07) is 0. The van der Waals surface area contributed by atoms with Crippen molar-refractivity contribution in [3.05, 3.63) is 109 Å². The largest absolute Gasteiger partial charge is 0.462 e. The predicted octanol–water partition coefficient (Wildman–Crippen LogP) is 24.2. The van der Waals surface area contributed by atoms with E-state index in [0.717, 1.165) is 103 Å². The second-order valence-corrected chi connectivity index (χ2v) is 23.1. The molecule has 0 aliphatic heterocycles. The maximum Gasteiger partial charge on any atom is 0.306 e. The first-order chi connectivity index (χ1) is 40.5. The van der Waals surface area contributed by atoms with Crippen LogP contribution < -0.4 is 0 Å². The SMILES string of the molecule is CC/C=C\C/C=C\C/C=C\C/C=C\C/C=C\C/C=C\CCCCC(=O)OC(COC(=O)CCCCCCCCCCCC/C=C\C/C=C\C/C=C\CCCCCCC)COC(=O)CCCCCCCCCCCCCCCCCCCC. The molecule has 0 N–H and O–H groups in total. The lowest BCUT2D eigenvalue weighted by Gasteiger charge is -2.18. The fourth-order valence-electron chi connectivity index (χ4n) is 9.81. The highest BCUT2D eigenvalue weighted by Crippen LogP contribution is 2.17. The van der Waals surface area contributed by atoms with Crippen molar-refractivity contribution >= 4 is 17.9 Å². The number of allylic oxidation sites excluding steroid dienone is 18. The minimum atomic E-state index is -0.805. The van der Waals surface area contributed by atoms with Crippen molar-refractivity contribution < 1.29 is 28.6 Å². The van der Waals surface area contributed by atoms with E-state index in [0.29, 0.717) is 19.3 Å². The molecule has 0 radical (unpaired) electrons. The van der Waals surface area contributed by atoms with Gasteiger partial charge in [0, 0.05) is 19.3 Å². The molecule has 0 fully saturated rings. The highest BCUT2D eigenvalue weighted by atomic mass is 16.6. The van der Waals surface area contributed by atoms with Gasteiger partial charge in [-0.25, -0.2) is 0 Å². The molecule has 0 aromatic heterocycles. The topological polar surface area (TPSA) is 78.9 Å². The molecule has 0 aromatic carbocycles. The molecule has 82 heavy (non-hydrogen) atoms. The van der Waals surface area contributed by atoms with Gasteiger partial charge in [-0.3, -0.25) is 14.4 Å². The molecule has 0 saturated carbocycles. The van der Waals surface area contributed by atoms with Crippen LogP contribution in [0.1, 0.15) is 335 Å². The molecule has 470 valence electrons. The molecule has 6 heteroatoms. The van der Waals surface area contributed by atoms with Gasteiger partial charge >= 0.3 is 17.9 Å². The van der Waals surface area contributed by atoms with Gasteiger partial charge in [-0.1, -0.05) is 316 Å². The summed E-state index contributed by atoms with van der Waals surface area (Å²) in [5.41, 5.74) is 0. The van der Waals surface area contributed by atoms with Crippen molar-refractivity contribution in [3.63, 3.8) is 0 Å². The zero-order valence-electron chi connectivity index (χ0n) is 54.0. The zero-order chi connectivity index (χ0) is 59.2. The summed E-state index contributed by atoms with van der Waals surface area (Å²) < 4.78 is 17.0. The van der Waals surface area contributed by atoms with E-state index in [9.17, 15) is 14.4 Å². The lowest BCUT2D eigenvalue weighted by molar-refractivity contribution is -0.167. The van der Waals surface area contributed by atoms with Crippen LogP contribution >= 0.6 is 0 Å². The highest BCUT2D eigenvalue weighted by molar-refractivity contribution is 5.71.